The quantitative estimate of drug-likeness (QED) is 0.203. The Morgan fingerprint density at radius 2 is 1.26 bits per heavy atom. The number of amides is 1. The minimum absolute atomic E-state index is 0.0407. The van der Waals surface area contributed by atoms with Crippen LogP contribution in [0, 0.1) is 11.8 Å². The molecule has 0 bridgehead atoms. The number of rotatable bonds is 12. The Balaban J connectivity index is 2.27. The molecule has 3 aromatic rings. The number of thioether (sulfide) groups is 2. The molecule has 2 unspecified atom stereocenters. The summed E-state index contributed by atoms with van der Waals surface area (Å²) in [7, 11) is 0. The standard InChI is InChI=1S/C30H35NO2S2/c1-5-34-30(35-6-2,24-18-12-8-13-19-24)27(23-16-10-7-11-17-23)26(28(32)22(3)4)29(33)31-25-20-14-9-15-21-25/h7-22,26-27H,5-6H2,1-4H3,(H,31,33). The second-order valence-electron chi connectivity index (χ2n) is 8.68. The topological polar surface area (TPSA) is 46.2 Å². The molecule has 0 heterocycles. The van der Waals surface area contributed by atoms with Crippen molar-refractivity contribution in [3.63, 3.8) is 0 Å². The van der Waals surface area contributed by atoms with Gasteiger partial charge >= 0.3 is 0 Å². The van der Waals surface area contributed by atoms with E-state index in [0.29, 0.717) is 5.69 Å². The summed E-state index contributed by atoms with van der Waals surface area (Å²) in [5.74, 6) is -0.0733. The molecule has 3 nitrogen and oxygen atoms in total. The first-order valence-electron chi connectivity index (χ1n) is 12.2. The molecule has 0 radical (unpaired) electrons. The van der Waals surface area contributed by atoms with Crippen LogP contribution in [-0.2, 0) is 13.7 Å². The van der Waals surface area contributed by atoms with Crippen molar-refractivity contribution in [3.05, 3.63) is 102 Å². The third-order valence-corrected chi connectivity index (χ3v) is 9.12. The number of carbonyl (C=O) groups excluding carboxylic acids is 2. The first-order valence-corrected chi connectivity index (χ1v) is 14.2. The number of Topliss-reactive ketones (excluding diaryl/α,β-unsaturated/α-hetero) is 1. The van der Waals surface area contributed by atoms with E-state index >= 15 is 0 Å². The molecule has 0 aromatic heterocycles. The molecule has 5 heteroatoms. The number of nitrogens with one attached hydrogen (secondary N) is 1. The average Bonchev–Trinajstić information content (AvgIpc) is 2.88. The Kier molecular flexibility index (Phi) is 10.1. The molecule has 0 saturated heterocycles. The lowest BCUT2D eigenvalue weighted by Crippen LogP contribution is -2.44. The Hall–Kier alpha value is -2.50. The fourth-order valence-corrected chi connectivity index (χ4v) is 7.91. The van der Waals surface area contributed by atoms with E-state index in [9.17, 15) is 9.59 Å². The van der Waals surface area contributed by atoms with Gasteiger partial charge in [-0.15, -0.1) is 23.5 Å². The van der Waals surface area contributed by atoms with Crippen LogP contribution in [0.3, 0.4) is 0 Å². The molecule has 1 N–H and O–H groups in total. The summed E-state index contributed by atoms with van der Waals surface area (Å²) < 4.78 is -0.518. The van der Waals surface area contributed by atoms with Gasteiger partial charge in [0.15, 0.2) is 0 Å². The van der Waals surface area contributed by atoms with E-state index in [0.717, 1.165) is 22.6 Å². The molecule has 0 fully saturated rings. The van der Waals surface area contributed by atoms with Crippen molar-refractivity contribution in [1.29, 1.82) is 0 Å². The first kappa shape index (κ1) is 27.1. The molecular weight excluding hydrogens is 470 g/mol. The van der Waals surface area contributed by atoms with Gasteiger partial charge in [0.1, 0.15) is 11.7 Å². The number of benzene rings is 3. The van der Waals surface area contributed by atoms with Gasteiger partial charge in [-0.25, -0.2) is 0 Å². The van der Waals surface area contributed by atoms with E-state index in [2.05, 4.69) is 43.4 Å². The Morgan fingerprint density at radius 1 is 0.771 bits per heavy atom. The second-order valence-corrected chi connectivity index (χ2v) is 12.0. The molecule has 2 atom stereocenters. The Bertz CT molecular complexity index is 1070. The first-order chi connectivity index (χ1) is 16.9. The van der Waals surface area contributed by atoms with Gasteiger partial charge < -0.3 is 5.32 Å². The monoisotopic (exact) mass is 505 g/mol. The number of anilines is 1. The predicted octanol–water partition coefficient (Wildman–Crippen LogP) is 7.61. The zero-order valence-corrected chi connectivity index (χ0v) is 22.6. The van der Waals surface area contributed by atoms with Crippen molar-refractivity contribution in [2.75, 3.05) is 16.8 Å². The highest BCUT2D eigenvalue weighted by atomic mass is 32.2. The van der Waals surface area contributed by atoms with Crippen molar-refractivity contribution in [2.24, 2.45) is 11.8 Å². The fraction of sp³-hybridized carbons (Fsp3) is 0.333. The van der Waals surface area contributed by atoms with Crippen molar-refractivity contribution in [1.82, 2.24) is 0 Å². The van der Waals surface area contributed by atoms with Crippen LogP contribution in [0.2, 0.25) is 0 Å². The van der Waals surface area contributed by atoms with E-state index in [1.165, 1.54) is 0 Å². The molecule has 1 amide bonds. The Morgan fingerprint density at radius 3 is 1.74 bits per heavy atom. The molecule has 0 aliphatic carbocycles. The van der Waals surface area contributed by atoms with Crippen LogP contribution in [0.15, 0.2) is 91.0 Å². The largest absolute Gasteiger partial charge is 0.325 e. The predicted molar refractivity (Wildman–Crippen MR) is 152 cm³/mol. The summed E-state index contributed by atoms with van der Waals surface area (Å²) in [4.78, 5) is 27.9. The SMILES string of the molecule is CCSC(SCC)(c1ccccc1)C(c1ccccc1)C(C(=O)Nc1ccccc1)C(=O)C(C)C. The van der Waals surface area contributed by atoms with Gasteiger partial charge in [-0.1, -0.05) is 107 Å². The maximum Gasteiger partial charge on any atom is 0.235 e. The Labute approximate surface area is 218 Å². The third kappa shape index (κ3) is 6.39. The molecule has 3 aromatic carbocycles. The lowest BCUT2D eigenvalue weighted by molar-refractivity contribution is -0.134. The highest BCUT2D eigenvalue weighted by molar-refractivity contribution is 8.17. The normalized spacial score (nSPS) is 13.3. The summed E-state index contributed by atoms with van der Waals surface area (Å²) in [5.41, 5.74) is 2.82. The summed E-state index contributed by atoms with van der Waals surface area (Å²) in [6.45, 7) is 8.06. The number of ketones is 1. The molecule has 0 aliphatic rings. The van der Waals surface area contributed by atoms with Gasteiger partial charge in [-0.05, 0) is 34.8 Å². The van der Waals surface area contributed by atoms with Crippen LogP contribution >= 0.6 is 23.5 Å². The van der Waals surface area contributed by atoms with Crippen molar-refractivity contribution in [2.45, 2.75) is 37.7 Å². The van der Waals surface area contributed by atoms with E-state index in [1.54, 1.807) is 0 Å². The minimum Gasteiger partial charge on any atom is -0.325 e. The van der Waals surface area contributed by atoms with Crippen LogP contribution in [0.25, 0.3) is 0 Å². The summed E-state index contributed by atoms with van der Waals surface area (Å²) in [6.07, 6.45) is 0. The van der Waals surface area contributed by atoms with Crippen LogP contribution in [0.4, 0.5) is 5.69 Å². The zero-order chi connectivity index (χ0) is 25.3. The molecule has 0 aliphatic heterocycles. The highest BCUT2D eigenvalue weighted by Crippen LogP contribution is 2.58. The zero-order valence-electron chi connectivity index (χ0n) is 20.9. The van der Waals surface area contributed by atoms with Gasteiger partial charge in [-0.3, -0.25) is 9.59 Å². The lowest BCUT2D eigenvalue weighted by atomic mass is 9.75. The van der Waals surface area contributed by atoms with Crippen LogP contribution in [-0.4, -0.2) is 23.2 Å². The molecule has 184 valence electrons. The maximum absolute atomic E-state index is 14.0. The smallest absolute Gasteiger partial charge is 0.235 e. The van der Waals surface area contributed by atoms with E-state index in [4.69, 9.17) is 0 Å². The molecule has 35 heavy (non-hydrogen) atoms. The molecule has 0 saturated carbocycles. The highest BCUT2D eigenvalue weighted by Gasteiger charge is 2.50. The van der Waals surface area contributed by atoms with E-state index in [1.807, 2.05) is 104 Å². The summed E-state index contributed by atoms with van der Waals surface area (Å²) in [6, 6.07) is 29.9. The van der Waals surface area contributed by atoms with Gasteiger partial charge in [0.25, 0.3) is 0 Å². The van der Waals surface area contributed by atoms with Crippen molar-refractivity contribution >= 4 is 40.9 Å². The molecule has 0 spiro atoms. The average molecular weight is 506 g/mol. The van der Waals surface area contributed by atoms with Crippen LogP contribution in [0.1, 0.15) is 44.7 Å². The van der Waals surface area contributed by atoms with Crippen LogP contribution in [0.5, 0.6) is 0 Å². The van der Waals surface area contributed by atoms with Crippen LogP contribution < -0.4 is 5.32 Å². The summed E-state index contributed by atoms with van der Waals surface area (Å²) >= 11 is 3.63. The number of hydrogen-bond acceptors (Lipinski definition) is 4. The lowest BCUT2D eigenvalue weighted by Gasteiger charge is -2.43. The van der Waals surface area contributed by atoms with E-state index < -0.39 is 10.00 Å². The third-order valence-electron chi connectivity index (χ3n) is 5.99. The number of carbonyl (C=O) groups is 2. The van der Waals surface area contributed by atoms with Crippen molar-refractivity contribution in [3.8, 4) is 0 Å². The number of hydrogen-bond donors (Lipinski definition) is 1. The minimum atomic E-state index is -0.851. The van der Waals surface area contributed by atoms with Gasteiger partial charge in [0, 0.05) is 17.5 Å². The number of para-hydroxylation sites is 1. The van der Waals surface area contributed by atoms with Gasteiger partial charge in [0.2, 0.25) is 5.91 Å². The maximum atomic E-state index is 14.0. The van der Waals surface area contributed by atoms with E-state index in [-0.39, 0.29) is 23.5 Å². The summed E-state index contributed by atoms with van der Waals surface area (Å²) in [5, 5.41) is 3.06. The molecular formula is C30H35NO2S2. The van der Waals surface area contributed by atoms with Crippen molar-refractivity contribution < 1.29 is 9.59 Å². The fourth-order valence-electron chi connectivity index (χ4n) is 4.50. The van der Waals surface area contributed by atoms with Gasteiger partial charge in [0.05, 0.1) is 4.08 Å². The van der Waals surface area contributed by atoms with Gasteiger partial charge in [-0.2, -0.15) is 0 Å². The second kappa shape index (κ2) is 13.0. The molecule has 3 rings (SSSR count).